The van der Waals surface area contributed by atoms with Crippen molar-refractivity contribution in [2.45, 2.75) is 39.3 Å². The first-order valence-electron chi connectivity index (χ1n) is 5.98. The largest absolute Gasteiger partial charge is 0.480 e. The Kier molecular flexibility index (Phi) is 6.82. The molecule has 0 spiro atoms. The number of hydrogen-bond donors (Lipinski definition) is 3. The molecule has 0 radical (unpaired) electrons. The molecule has 8 heteroatoms. The van der Waals surface area contributed by atoms with Gasteiger partial charge in [-0.3, -0.25) is 0 Å². The quantitative estimate of drug-likeness (QED) is 0.621. The standard InChI is InChI=1S/C11H22N2O5S/c1-7(2)5-9(10(14)15)13-11(16)12-8(3)6-19(4,17)18/h7-9H,5-6H2,1-4H3,(H,14,15)(H2,12,13,16)/t8?,9-/m1/s1. The van der Waals surface area contributed by atoms with E-state index in [9.17, 15) is 18.0 Å². The molecule has 0 aliphatic carbocycles. The van der Waals surface area contributed by atoms with Crippen LogP contribution in [0.4, 0.5) is 4.79 Å². The van der Waals surface area contributed by atoms with Crippen LogP contribution in [0, 0.1) is 5.92 Å². The second-order valence-corrected chi connectivity index (χ2v) is 7.32. The molecule has 0 aromatic carbocycles. The highest BCUT2D eigenvalue weighted by Crippen LogP contribution is 2.04. The molecule has 3 N–H and O–H groups in total. The Hall–Kier alpha value is -1.31. The predicted molar refractivity (Wildman–Crippen MR) is 71.7 cm³/mol. The Morgan fingerprint density at radius 1 is 1.16 bits per heavy atom. The maximum absolute atomic E-state index is 11.6. The summed E-state index contributed by atoms with van der Waals surface area (Å²) >= 11 is 0. The molecule has 0 aliphatic rings. The lowest BCUT2D eigenvalue weighted by molar-refractivity contribution is -0.139. The topological polar surface area (TPSA) is 113 Å². The normalized spacial score (nSPS) is 14.8. The number of hydrogen-bond acceptors (Lipinski definition) is 4. The van der Waals surface area contributed by atoms with Gasteiger partial charge in [-0.25, -0.2) is 18.0 Å². The summed E-state index contributed by atoms with van der Waals surface area (Å²) in [7, 11) is -3.19. The summed E-state index contributed by atoms with van der Waals surface area (Å²) in [6.07, 6.45) is 1.38. The lowest BCUT2D eigenvalue weighted by atomic mass is 10.0. The Labute approximate surface area is 113 Å². The number of carboxylic acids is 1. The van der Waals surface area contributed by atoms with Crippen LogP contribution < -0.4 is 10.6 Å². The van der Waals surface area contributed by atoms with Crippen LogP contribution in [0.15, 0.2) is 0 Å². The predicted octanol–water partition coefficient (Wildman–Crippen LogP) is 0.218. The molecule has 112 valence electrons. The molecule has 7 nitrogen and oxygen atoms in total. The highest BCUT2D eigenvalue weighted by Gasteiger charge is 2.22. The van der Waals surface area contributed by atoms with Crippen LogP contribution in [-0.2, 0) is 14.6 Å². The monoisotopic (exact) mass is 294 g/mol. The Bertz CT molecular complexity index is 419. The fraction of sp³-hybridized carbons (Fsp3) is 0.818. The van der Waals surface area contributed by atoms with Gasteiger partial charge in [-0.1, -0.05) is 13.8 Å². The Balaban J connectivity index is 4.38. The summed E-state index contributed by atoms with van der Waals surface area (Å²) in [5, 5.41) is 13.7. The summed E-state index contributed by atoms with van der Waals surface area (Å²) < 4.78 is 22.1. The molecule has 2 atom stereocenters. The first-order chi connectivity index (χ1) is 8.51. The van der Waals surface area contributed by atoms with Crippen LogP contribution in [0.2, 0.25) is 0 Å². The molecule has 0 aromatic heterocycles. The minimum atomic E-state index is -3.19. The van der Waals surface area contributed by atoms with Crippen LogP contribution >= 0.6 is 0 Å². The average molecular weight is 294 g/mol. The van der Waals surface area contributed by atoms with Crippen molar-refractivity contribution in [2.24, 2.45) is 5.92 Å². The van der Waals surface area contributed by atoms with Gasteiger partial charge in [0.15, 0.2) is 0 Å². The second kappa shape index (κ2) is 7.32. The maximum atomic E-state index is 11.6. The zero-order valence-electron chi connectivity index (χ0n) is 11.6. The molecule has 0 fully saturated rings. The second-order valence-electron chi connectivity index (χ2n) is 5.13. The minimum Gasteiger partial charge on any atom is -0.480 e. The van der Waals surface area contributed by atoms with Crippen molar-refractivity contribution in [3.05, 3.63) is 0 Å². The van der Waals surface area contributed by atoms with Crippen molar-refractivity contribution < 1.29 is 23.1 Å². The molecule has 19 heavy (non-hydrogen) atoms. The van der Waals surface area contributed by atoms with Crippen molar-refractivity contribution in [3.8, 4) is 0 Å². The number of nitrogens with one attached hydrogen (secondary N) is 2. The van der Waals surface area contributed by atoms with Crippen molar-refractivity contribution in [2.75, 3.05) is 12.0 Å². The number of sulfone groups is 1. The number of carbonyl (C=O) groups is 2. The van der Waals surface area contributed by atoms with Gasteiger partial charge >= 0.3 is 12.0 Å². The van der Waals surface area contributed by atoms with Gasteiger partial charge in [-0.2, -0.15) is 0 Å². The van der Waals surface area contributed by atoms with Crippen molar-refractivity contribution in [1.82, 2.24) is 10.6 Å². The minimum absolute atomic E-state index is 0.120. The summed E-state index contributed by atoms with van der Waals surface area (Å²) in [4.78, 5) is 22.5. The lowest BCUT2D eigenvalue weighted by Gasteiger charge is -2.19. The van der Waals surface area contributed by atoms with E-state index in [0.29, 0.717) is 6.42 Å². The van der Waals surface area contributed by atoms with Crippen LogP contribution in [0.1, 0.15) is 27.2 Å². The fourth-order valence-electron chi connectivity index (χ4n) is 1.61. The molecular formula is C11H22N2O5S. The molecule has 0 bridgehead atoms. The number of amides is 2. The summed E-state index contributed by atoms with van der Waals surface area (Å²) in [5.74, 6) is -1.18. The molecular weight excluding hydrogens is 272 g/mol. The third-order valence-corrected chi connectivity index (χ3v) is 3.35. The zero-order valence-corrected chi connectivity index (χ0v) is 12.5. The highest BCUT2D eigenvalue weighted by molar-refractivity contribution is 7.90. The van der Waals surface area contributed by atoms with Crippen LogP contribution in [0.5, 0.6) is 0 Å². The van der Waals surface area contributed by atoms with Crippen molar-refractivity contribution in [1.29, 1.82) is 0 Å². The molecule has 1 unspecified atom stereocenters. The van der Waals surface area contributed by atoms with E-state index in [1.54, 1.807) is 6.92 Å². The Morgan fingerprint density at radius 3 is 2.05 bits per heavy atom. The van der Waals surface area contributed by atoms with Crippen LogP contribution in [0.3, 0.4) is 0 Å². The summed E-state index contributed by atoms with van der Waals surface area (Å²) in [6.45, 7) is 5.24. The third kappa shape index (κ3) is 9.29. The van der Waals surface area contributed by atoms with Gasteiger partial charge in [0.05, 0.1) is 5.75 Å². The number of urea groups is 1. The van der Waals surface area contributed by atoms with E-state index < -0.39 is 33.9 Å². The number of rotatable bonds is 7. The Morgan fingerprint density at radius 2 is 1.68 bits per heavy atom. The first-order valence-corrected chi connectivity index (χ1v) is 8.05. The molecule has 0 saturated heterocycles. The van der Waals surface area contributed by atoms with E-state index in [0.717, 1.165) is 6.26 Å². The van der Waals surface area contributed by atoms with E-state index in [4.69, 9.17) is 5.11 Å². The molecule has 0 saturated carbocycles. The van der Waals surface area contributed by atoms with Crippen molar-refractivity contribution in [3.63, 3.8) is 0 Å². The maximum Gasteiger partial charge on any atom is 0.326 e. The smallest absolute Gasteiger partial charge is 0.326 e. The third-order valence-electron chi connectivity index (χ3n) is 2.24. The molecule has 0 heterocycles. The summed E-state index contributed by atoms with van der Waals surface area (Å²) in [6, 6.07) is -2.24. The van der Waals surface area contributed by atoms with Gasteiger partial charge in [0, 0.05) is 12.3 Å². The molecule has 0 rings (SSSR count). The summed E-state index contributed by atoms with van der Waals surface area (Å²) in [5.41, 5.74) is 0. The van der Waals surface area contributed by atoms with Gasteiger partial charge in [0.1, 0.15) is 15.9 Å². The van der Waals surface area contributed by atoms with E-state index in [-0.39, 0.29) is 11.7 Å². The number of carbonyl (C=O) groups excluding carboxylic acids is 1. The number of aliphatic carboxylic acids is 1. The average Bonchev–Trinajstić information content (AvgIpc) is 2.11. The van der Waals surface area contributed by atoms with Gasteiger partial charge in [0.25, 0.3) is 0 Å². The van der Waals surface area contributed by atoms with Crippen molar-refractivity contribution >= 4 is 21.8 Å². The van der Waals surface area contributed by atoms with Gasteiger partial charge in [0.2, 0.25) is 0 Å². The van der Waals surface area contributed by atoms with E-state index in [1.165, 1.54) is 0 Å². The fourth-order valence-corrected chi connectivity index (χ4v) is 2.60. The van der Waals surface area contributed by atoms with Crippen LogP contribution in [0.25, 0.3) is 0 Å². The van der Waals surface area contributed by atoms with Gasteiger partial charge in [-0.15, -0.1) is 0 Å². The number of carboxylic acid groups (broad SMARTS) is 1. The molecule has 0 aromatic rings. The zero-order chi connectivity index (χ0) is 15.2. The van der Waals surface area contributed by atoms with Gasteiger partial charge < -0.3 is 15.7 Å². The molecule has 2 amide bonds. The van der Waals surface area contributed by atoms with Gasteiger partial charge in [-0.05, 0) is 19.3 Å². The SMILES string of the molecule is CC(C)C[C@@H](NC(=O)NC(C)CS(C)(=O)=O)C(=O)O. The van der Waals surface area contributed by atoms with E-state index >= 15 is 0 Å². The van der Waals surface area contributed by atoms with E-state index in [2.05, 4.69) is 10.6 Å². The first kappa shape index (κ1) is 17.7. The van der Waals surface area contributed by atoms with E-state index in [1.807, 2.05) is 13.8 Å². The lowest BCUT2D eigenvalue weighted by Crippen LogP contribution is -2.50. The highest BCUT2D eigenvalue weighted by atomic mass is 32.2. The molecule has 0 aliphatic heterocycles. The van der Waals surface area contributed by atoms with Crippen LogP contribution in [-0.4, -0.2) is 49.6 Å².